The second-order valence-corrected chi connectivity index (χ2v) is 3.53. The number of fused-ring (bicyclic) bond motifs is 1. The van der Waals surface area contributed by atoms with E-state index in [9.17, 15) is 4.79 Å². The first-order chi connectivity index (χ1) is 7.08. The standard InChI is InChI=1S/C9H8ClN3O2/c10-5-1-2-13-4-6(8(11)9(14)15)12-7(13)3-5/h1-4,8H,11H2,(H,14,15). The van der Waals surface area contributed by atoms with Gasteiger partial charge in [0, 0.05) is 17.4 Å². The number of carboxylic acids is 1. The van der Waals surface area contributed by atoms with Crippen molar-refractivity contribution in [3.63, 3.8) is 0 Å². The second kappa shape index (κ2) is 3.52. The fraction of sp³-hybridized carbons (Fsp3) is 0.111. The number of pyridine rings is 1. The summed E-state index contributed by atoms with van der Waals surface area (Å²) in [4.78, 5) is 14.7. The van der Waals surface area contributed by atoms with E-state index in [1.165, 1.54) is 0 Å². The first kappa shape index (κ1) is 9.95. The molecule has 0 aliphatic rings. The third-order valence-corrected chi connectivity index (χ3v) is 2.26. The van der Waals surface area contributed by atoms with E-state index in [0.29, 0.717) is 16.4 Å². The van der Waals surface area contributed by atoms with Gasteiger partial charge >= 0.3 is 5.97 Å². The normalized spacial score (nSPS) is 12.9. The van der Waals surface area contributed by atoms with Crippen LogP contribution in [0.25, 0.3) is 5.65 Å². The first-order valence-electron chi connectivity index (χ1n) is 4.20. The zero-order valence-electron chi connectivity index (χ0n) is 7.59. The molecule has 2 heterocycles. The predicted octanol–water partition coefficient (Wildman–Crippen LogP) is 1.07. The van der Waals surface area contributed by atoms with Crippen molar-refractivity contribution in [2.45, 2.75) is 6.04 Å². The van der Waals surface area contributed by atoms with Gasteiger partial charge in [-0.25, -0.2) is 4.98 Å². The van der Waals surface area contributed by atoms with Crippen LogP contribution in [0.1, 0.15) is 11.7 Å². The summed E-state index contributed by atoms with van der Waals surface area (Å²) in [7, 11) is 0. The SMILES string of the molecule is NC(C(=O)O)c1cn2ccc(Cl)cc2n1. The van der Waals surface area contributed by atoms with Gasteiger partial charge in [0.1, 0.15) is 11.7 Å². The van der Waals surface area contributed by atoms with Gasteiger partial charge < -0.3 is 15.2 Å². The molecule has 0 saturated heterocycles. The number of hydrogen-bond acceptors (Lipinski definition) is 3. The Morgan fingerprint density at radius 1 is 1.67 bits per heavy atom. The van der Waals surface area contributed by atoms with Crippen molar-refractivity contribution >= 4 is 23.2 Å². The van der Waals surface area contributed by atoms with E-state index in [0.717, 1.165) is 0 Å². The van der Waals surface area contributed by atoms with Gasteiger partial charge in [0.2, 0.25) is 0 Å². The van der Waals surface area contributed by atoms with Crippen molar-refractivity contribution in [2.24, 2.45) is 5.73 Å². The Balaban J connectivity index is 2.51. The summed E-state index contributed by atoms with van der Waals surface area (Å²) in [6.45, 7) is 0. The van der Waals surface area contributed by atoms with Gasteiger partial charge in [0.15, 0.2) is 0 Å². The molecule has 2 aromatic heterocycles. The summed E-state index contributed by atoms with van der Waals surface area (Å²) in [5.74, 6) is -1.11. The molecule has 15 heavy (non-hydrogen) atoms. The molecule has 78 valence electrons. The Morgan fingerprint density at radius 2 is 2.40 bits per heavy atom. The average molecular weight is 226 g/mol. The molecule has 1 atom stereocenters. The lowest BCUT2D eigenvalue weighted by molar-refractivity contribution is -0.138. The molecule has 6 heteroatoms. The molecule has 1 unspecified atom stereocenters. The Labute approximate surface area is 90.1 Å². The molecule has 0 bridgehead atoms. The minimum atomic E-state index is -1.11. The number of aromatic nitrogens is 2. The van der Waals surface area contributed by atoms with Gasteiger partial charge in [0.25, 0.3) is 0 Å². The van der Waals surface area contributed by atoms with Gasteiger partial charge in [-0.3, -0.25) is 4.79 Å². The molecule has 0 spiro atoms. The van der Waals surface area contributed by atoms with Crippen LogP contribution in [0.5, 0.6) is 0 Å². The lowest BCUT2D eigenvalue weighted by atomic mass is 10.2. The van der Waals surface area contributed by atoms with E-state index in [2.05, 4.69) is 4.98 Å². The van der Waals surface area contributed by atoms with Crippen molar-refractivity contribution in [1.82, 2.24) is 9.38 Å². The highest BCUT2D eigenvalue weighted by Crippen LogP contribution is 2.15. The zero-order chi connectivity index (χ0) is 11.0. The molecular weight excluding hydrogens is 218 g/mol. The molecule has 2 aromatic rings. The van der Waals surface area contributed by atoms with Crippen molar-refractivity contribution in [3.05, 3.63) is 35.2 Å². The Kier molecular flexibility index (Phi) is 2.34. The fourth-order valence-electron chi connectivity index (χ4n) is 1.25. The third-order valence-electron chi connectivity index (χ3n) is 2.03. The van der Waals surface area contributed by atoms with Gasteiger partial charge in [0.05, 0.1) is 5.69 Å². The Bertz CT molecular complexity index is 523. The number of carboxylic acid groups (broad SMARTS) is 1. The number of hydrogen-bond donors (Lipinski definition) is 2. The van der Waals surface area contributed by atoms with Crippen LogP contribution < -0.4 is 5.73 Å². The van der Waals surface area contributed by atoms with E-state index in [1.54, 1.807) is 28.9 Å². The number of carbonyl (C=O) groups is 1. The van der Waals surface area contributed by atoms with Crippen LogP contribution in [0.4, 0.5) is 0 Å². The number of nitrogens with zero attached hydrogens (tertiary/aromatic N) is 2. The van der Waals surface area contributed by atoms with Crippen molar-refractivity contribution < 1.29 is 9.90 Å². The Hall–Kier alpha value is -1.59. The second-order valence-electron chi connectivity index (χ2n) is 3.09. The van der Waals surface area contributed by atoms with Crippen LogP contribution in [-0.2, 0) is 4.79 Å². The largest absolute Gasteiger partial charge is 0.480 e. The number of imidazole rings is 1. The maximum atomic E-state index is 10.6. The molecular formula is C9H8ClN3O2. The highest BCUT2D eigenvalue weighted by molar-refractivity contribution is 6.30. The number of halogens is 1. The Morgan fingerprint density at radius 3 is 3.07 bits per heavy atom. The maximum Gasteiger partial charge on any atom is 0.326 e. The number of aliphatic carboxylic acids is 1. The van der Waals surface area contributed by atoms with Gasteiger partial charge in [-0.1, -0.05) is 11.6 Å². The van der Waals surface area contributed by atoms with Crippen LogP contribution >= 0.6 is 11.6 Å². The smallest absolute Gasteiger partial charge is 0.326 e. The molecule has 0 amide bonds. The van der Waals surface area contributed by atoms with Gasteiger partial charge in [-0.2, -0.15) is 0 Å². The lowest BCUT2D eigenvalue weighted by Gasteiger charge is -1.99. The summed E-state index contributed by atoms with van der Waals surface area (Å²) in [5, 5.41) is 9.26. The quantitative estimate of drug-likeness (QED) is 0.801. The summed E-state index contributed by atoms with van der Waals surface area (Å²) in [6.07, 6.45) is 3.27. The molecule has 0 saturated carbocycles. The maximum absolute atomic E-state index is 10.6. The predicted molar refractivity (Wildman–Crippen MR) is 54.8 cm³/mol. The van der Waals surface area contributed by atoms with Crippen molar-refractivity contribution in [2.75, 3.05) is 0 Å². The zero-order valence-corrected chi connectivity index (χ0v) is 8.35. The molecule has 5 nitrogen and oxygen atoms in total. The summed E-state index contributed by atoms with van der Waals surface area (Å²) in [5.41, 5.74) is 6.32. The summed E-state index contributed by atoms with van der Waals surface area (Å²) < 4.78 is 1.67. The van der Waals surface area contributed by atoms with Gasteiger partial charge in [-0.15, -0.1) is 0 Å². The highest BCUT2D eigenvalue weighted by atomic mass is 35.5. The first-order valence-corrected chi connectivity index (χ1v) is 4.58. The van der Waals surface area contributed by atoms with E-state index >= 15 is 0 Å². The van der Waals surface area contributed by atoms with Crippen LogP contribution in [0.2, 0.25) is 5.02 Å². The molecule has 3 N–H and O–H groups in total. The summed E-state index contributed by atoms with van der Waals surface area (Å²) in [6, 6.07) is 2.22. The fourth-order valence-corrected chi connectivity index (χ4v) is 1.41. The molecule has 0 aromatic carbocycles. The third kappa shape index (κ3) is 1.79. The van der Waals surface area contributed by atoms with E-state index in [4.69, 9.17) is 22.4 Å². The minimum Gasteiger partial charge on any atom is -0.480 e. The van der Waals surface area contributed by atoms with Gasteiger partial charge in [-0.05, 0) is 12.1 Å². The molecule has 0 radical (unpaired) electrons. The van der Waals surface area contributed by atoms with Crippen LogP contribution in [0.3, 0.4) is 0 Å². The lowest BCUT2D eigenvalue weighted by Crippen LogP contribution is -2.20. The van der Waals surface area contributed by atoms with E-state index in [1.807, 2.05) is 0 Å². The number of nitrogens with two attached hydrogens (primary N) is 1. The highest BCUT2D eigenvalue weighted by Gasteiger charge is 2.17. The molecule has 0 fully saturated rings. The number of rotatable bonds is 2. The van der Waals surface area contributed by atoms with E-state index in [-0.39, 0.29) is 0 Å². The average Bonchev–Trinajstić information content (AvgIpc) is 2.58. The molecule has 0 aliphatic heterocycles. The van der Waals surface area contributed by atoms with Crippen LogP contribution in [0.15, 0.2) is 24.5 Å². The van der Waals surface area contributed by atoms with Crippen LogP contribution in [-0.4, -0.2) is 20.5 Å². The van der Waals surface area contributed by atoms with E-state index < -0.39 is 12.0 Å². The van der Waals surface area contributed by atoms with Crippen molar-refractivity contribution in [3.8, 4) is 0 Å². The summed E-state index contributed by atoms with van der Waals surface area (Å²) >= 11 is 5.77. The molecule has 0 aliphatic carbocycles. The van der Waals surface area contributed by atoms with Crippen LogP contribution in [0, 0.1) is 0 Å². The molecule has 2 rings (SSSR count). The van der Waals surface area contributed by atoms with Crippen molar-refractivity contribution in [1.29, 1.82) is 0 Å². The topological polar surface area (TPSA) is 80.6 Å². The minimum absolute atomic E-state index is 0.310. The monoisotopic (exact) mass is 225 g/mol.